The summed E-state index contributed by atoms with van der Waals surface area (Å²) >= 11 is 0. The molecular formula is C50H53FN4O12S. The van der Waals surface area contributed by atoms with Gasteiger partial charge < -0.3 is 39.5 Å². The van der Waals surface area contributed by atoms with Gasteiger partial charge in [0.05, 0.1) is 35.4 Å². The Bertz CT molecular complexity index is 2780. The number of rotatable bonds is 22. The second-order valence-electron chi connectivity index (χ2n) is 16.7. The Morgan fingerprint density at radius 3 is 2.32 bits per heavy atom. The zero-order chi connectivity index (χ0) is 48.4. The van der Waals surface area contributed by atoms with Gasteiger partial charge in [0, 0.05) is 42.3 Å². The van der Waals surface area contributed by atoms with Gasteiger partial charge >= 0.3 is 11.9 Å². The number of nitrogens with zero attached hydrogens (tertiary/aromatic N) is 1. The monoisotopic (exact) mass is 952 g/mol. The quantitative estimate of drug-likeness (QED) is 0.0443. The van der Waals surface area contributed by atoms with Crippen molar-refractivity contribution in [2.45, 2.75) is 82.1 Å². The normalized spacial score (nSPS) is 16.3. The van der Waals surface area contributed by atoms with Crippen molar-refractivity contribution in [1.82, 2.24) is 20.5 Å². The van der Waals surface area contributed by atoms with Crippen molar-refractivity contribution >= 4 is 56.2 Å². The van der Waals surface area contributed by atoms with Crippen LogP contribution in [0.5, 0.6) is 11.5 Å². The third-order valence-corrected chi connectivity index (χ3v) is 13.7. The highest BCUT2D eigenvalue weighted by Gasteiger charge is 2.49. The molecular weight excluding hydrogens is 900 g/mol. The second kappa shape index (κ2) is 22.1. The molecule has 5 aromatic rings. The molecule has 1 saturated heterocycles. The number of ether oxygens (including phenoxy) is 4. The number of ketones is 1. The highest BCUT2D eigenvalue weighted by Crippen LogP contribution is 2.40. The minimum atomic E-state index is -3.83. The van der Waals surface area contributed by atoms with Crippen molar-refractivity contribution in [3.63, 3.8) is 0 Å². The lowest BCUT2D eigenvalue weighted by Gasteiger charge is -2.46. The number of likely N-dealkylation sites (tertiary alicyclic amines) is 1. The summed E-state index contributed by atoms with van der Waals surface area (Å²) in [4.78, 5) is 83.8. The third kappa shape index (κ3) is 12.1. The molecule has 4 aromatic carbocycles. The van der Waals surface area contributed by atoms with E-state index in [0.29, 0.717) is 58.4 Å². The first-order valence-corrected chi connectivity index (χ1v) is 24.1. The maximum Gasteiger partial charge on any atom is 0.325 e. The summed E-state index contributed by atoms with van der Waals surface area (Å²) in [7, 11) is -2.30. The lowest BCUT2D eigenvalue weighted by atomic mass is 9.81. The van der Waals surface area contributed by atoms with Gasteiger partial charge in [-0.3, -0.25) is 28.8 Å². The molecule has 1 fully saturated rings. The number of carbonyl (C=O) groups excluding carboxylic acids is 6. The molecule has 0 saturated carbocycles. The highest BCUT2D eigenvalue weighted by molar-refractivity contribution is 7.91. The lowest BCUT2D eigenvalue weighted by molar-refractivity contribution is -0.168. The number of fused-ring (bicyclic) bond motifs is 5. The summed E-state index contributed by atoms with van der Waals surface area (Å²) < 4.78 is 62.9. The number of unbranched alkanes of at least 4 members (excludes halogenated alkanes) is 1. The first-order chi connectivity index (χ1) is 32.7. The third-order valence-electron chi connectivity index (χ3n) is 12.0. The first-order valence-electron chi connectivity index (χ1n) is 22.4. The smallest absolute Gasteiger partial charge is 0.325 e. The van der Waals surface area contributed by atoms with Gasteiger partial charge in [0.15, 0.2) is 15.6 Å². The molecule has 16 nitrogen and oxygen atoms in total. The van der Waals surface area contributed by atoms with Crippen molar-refractivity contribution in [2.24, 2.45) is 5.92 Å². The van der Waals surface area contributed by atoms with Crippen LogP contribution in [0, 0.1) is 11.7 Å². The number of aromatic nitrogens is 1. The zero-order valence-corrected chi connectivity index (χ0v) is 38.5. The fourth-order valence-corrected chi connectivity index (χ4v) is 9.93. The van der Waals surface area contributed by atoms with Crippen molar-refractivity contribution < 1.29 is 60.5 Å². The summed E-state index contributed by atoms with van der Waals surface area (Å²) in [5.74, 6) is -4.32. The number of hydrogen-bond donors (Lipinski definition) is 3. The van der Waals surface area contributed by atoms with Crippen molar-refractivity contribution in [3.8, 4) is 22.8 Å². The van der Waals surface area contributed by atoms with E-state index in [2.05, 4.69) is 15.6 Å². The Kier molecular flexibility index (Phi) is 15.9. The van der Waals surface area contributed by atoms with Crippen LogP contribution in [0.15, 0.2) is 95.9 Å². The second-order valence-corrected chi connectivity index (χ2v) is 18.8. The molecule has 358 valence electrons. The zero-order valence-electron chi connectivity index (χ0n) is 37.7. The number of sulfone groups is 1. The summed E-state index contributed by atoms with van der Waals surface area (Å²) in [5.41, 5.74) is 3.78. The molecule has 18 heteroatoms. The van der Waals surface area contributed by atoms with Gasteiger partial charge in [-0.1, -0.05) is 48.9 Å². The molecule has 2 aliphatic rings. The highest BCUT2D eigenvalue weighted by atomic mass is 32.2. The van der Waals surface area contributed by atoms with E-state index in [9.17, 15) is 41.6 Å². The van der Waals surface area contributed by atoms with Crippen LogP contribution in [0.3, 0.4) is 0 Å². The number of likely N-dealkylation sites (N-methyl/N-ethyl adjacent to an activating group) is 1. The van der Waals surface area contributed by atoms with Gasteiger partial charge in [-0.25, -0.2) is 12.8 Å². The van der Waals surface area contributed by atoms with E-state index in [1.165, 1.54) is 36.3 Å². The number of nitrogens with one attached hydrogen (secondary N) is 3. The molecule has 68 heavy (non-hydrogen) atoms. The number of H-pyrrole nitrogens is 1. The molecule has 3 atom stereocenters. The SMILES string of the molecule is CCNC(=O)C(CCCCC(=O)OCc1ccccc1)NC(=O)CC1C(CC(=O)COc2ccc3c(c2)S(=O)(=O)CCc2c-3[nH]c3ccc(F)cc23)C(=O)N1CC(=O)OCc1ccc(OC)cc1. The van der Waals surface area contributed by atoms with Crippen LogP contribution in [0.1, 0.15) is 62.1 Å². The van der Waals surface area contributed by atoms with Crippen LogP contribution in [-0.2, 0) is 67.7 Å². The number of esters is 2. The molecule has 3 unspecified atom stereocenters. The predicted octanol–water partition coefficient (Wildman–Crippen LogP) is 5.54. The molecule has 1 aromatic heterocycles. The average molecular weight is 953 g/mol. The molecule has 0 bridgehead atoms. The van der Waals surface area contributed by atoms with E-state index in [1.54, 1.807) is 43.3 Å². The van der Waals surface area contributed by atoms with Gasteiger partial charge in [-0.2, -0.15) is 0 Å². The maximum atomic E-state index is 14.2. The number of β-lactam (4-membered cyclic amide) rings is 1. The summed E-state index contributed by atoms with van der Waals surface area (Å²) in [6.07, 6.45) is 0.517. The Labute approximate surface area is 392 Å². The lowest BCUT2D eigenvalue weighted by Crippen LogP contribution is -2.64. The molecule has 0 aliphatic carbocycles. The predicted molar refractivity (Wildman–Crippen MR) is 246 cm³/mol. The maximum absolute atomic E-state index is 14.2. The summed E-state index contributed by atoms with van der Waals surface area (Å²) in [6, 6.07) is 22.9. The Balaban J connectivity index is 0.993. The van der Waals surface area contributed by atoms with Gasteiger partial charge in [0.2, 0.25) is 17.7 Å². The van der Waals surface area contributed by atoms with Crippen LogP contribution in [-0.4, -0.2) is 98.4 Å². The standard InChI is InChI=1S/C50H53FN4O12S/c1-3-52-49(60)42(11-7-8-12-46(58)66-28-31-9-5-4-6-10-31)53-45(57)26-43-40(50(61)55(43)27-47(59)67-29-32-13-16-35(64-2)17-14-32)24-34(56)30-65-36-18-19-38-44(25-36)68(62,63)22-21-37-39-23-33(51)15-20-41(39)54-48(37)38/h4-6,9-10,13-20,23,25,40,42-43,54H,3,7-8,11-12,21-22,24,26-30H2,1-2H3,(H,52,60)(H,53,57). The number of halogens is 1. The Morgan fingerprint density at radius 1 is 0.868 bits per heavy atom. The first kappa shape index (κ1) is 48.8. The average Bonchev–Trinajstić information content (AvgIpc) is 3.65. The van der Waals surface area contributed by atoms with Gasteiger partial charge in [-0.15, -0.1) is 0 Å². The molecule has 0 spiro atoms. The molecule has 2 aliphatic heterocycles. The topological polar surface area (TPSA) is 217 Å². The van der Waals surface area contributed by atoms with Crippen molar-refractivity contribution in [3.05, 3.63) is 114 Å². The fourth-order valence-electron chi connectivity index (χ4n) is 8.44. The van der Waals surface area contributed by atoms with Crippen LogP contribution >= 0.6 is 0 Å². The molecule has 3 amide bonds. The van der Waals surface area contributed by atoms with Crippen LogP contribution in [0.25, 0.3) is 22.2 Å². The number of Topliss-reactive ketones (excluding diaryl/α,β-unsaturated/α-hetero) is 1. The number of methoxy groups -OCH3 is 1. The summed E-state index contributed by atoms with van der Waals surface area (Å²) in [5, 5.41) is 6.04. The minimum Gasteiger partial charge on any atom is -0.497 e. The fraction of sp³-hybridized carbons (Fsp3) is 0.360. The van der Waals surface area contributed by atoms with Crippen LogP contribution < -0.4 is 20.1 Å². The number of carbonyl (C=O) groups is 6. The van der Waals surface area contributed by atoms with Crippen LogP contribution in [0.2, 0.25) is 0 Å². The van der Waals surface area contributed by atoms with Crippen LogP contribution in [0.4, 0.5) is 4.39 Å². The van der Waals surface area contributed by atoms with E-state index < -0.39 is 82.3 Å². The number of aromatic amines is 1. The van der Waals surface area contributed by atoms with Gasteiger partial charge in [0.1, 0.15) is 49.7 Å². The van der Waals surface area contributed by atoms with E-state index in [1.807, 2.05) is 30.3 Å². The minimum absolute atomic E-state index is 0.0183. The molecule has 3 N–H and O–H groups in total. The Hall–Kier alpha value is -7.08. The van der Waals surface area contributed by atoms with E-state index >= 15 is 0 Å². The van der Waals surface area contributed by atoms with Gasteiger partial charge in [0.25, 0.3) is 0 Å². The number of amides is 3. The van der Waals surface area contributed by atoms with Crippen molar-refractivity contribution in [2.75, 3.05) is 32.6 Å². The van der Waals surface area contributed by atoms with Gasteiger partial charge in [-0.05, 0) is 91.4 Å². The largest absolute Gasteiger partial charge is 0.497 e. The van der Waals surface area contributed by atoms with E-state index in [0.717, 1.165) is 5.56 Å². The number of hydrogen-bond acceptors (Lipinski definition) is 12. The molecule has 7 rings (SSSR count). The van der Waals surface area contributed by atoms with Crippen molar-refractivity contribution in [1.29, 1.82) is 0 Å². The summed E-state index contributed by atoms with van der Waals surface area (Å²) in [6.45, 7) is 1.02. The van der Waals surface area contributed by atoms with E-state index in [-0.39, 0.29) is 61.7 Å². The molecule has 0 radical (unpaired) electrons. The number of aryl methyl sites for hydroxylation is 1. The number of benzene rings is 4. The van der Waals surface area contributed by atoms with E-state index in [4.69, 9.17) is 18.9 Å². The molecule has 3 heterocycles. The Morgan fingerprint density at radius 2 is 1.59 bits per heavy atom.